The quantitative estimate of drug-likeness (QED) is 0.244. The molecule has 3 rings (SSSR count). The highest BCUT2D eigenvalue weighted by Crippen LogP contribution is 2.30. The summed E-state index contributed by atoms with van der Waals surface area (Å²) in [4.78, 5) is 24.0. The van der Waals surface area contributed by atoms with Gasteiger partial charge in [0.25, 0.3) is 0 Å². The number of nitrogens with zero attached hydrogens (tertiary/aromatic N) is 1. The normalized spacial score (nSPS) is 10.7. The van der Waals surface area contributed by atoms with E-state index in [0.717, 1.165) is 0 Å². The topological polar surface area (TPSA) is 89.0 Å². The molecule has 7 nitrogen and oxygen atoms in total. The molecule has 0 fully saturated rings. The van der Waals surface area contributed by atoms with E-state index in [9.17, 15) is 14.0 Å². The number of hydrogen-bond acceptors (Lipinski definition) is 5. The molecule has 176 valence electrons. The van der Waals surface area contributed by atoms with Crippen LogP contribution in [0.3, 0.4) is 0 Å². The number of ether oxygens (including phenoxy) is 2. The smallest absolute Gasteiger partial charge is 0.329 e. The number of amides is 2. The molecule has 3 aromatic carbocycles. The van der Waals surface area contributed by atoms with Crippen molar-refractivity contribution >= 4 is 58.5 Å². The molecule has 0 atom stereocenters. The fraction of sp³-hybridized carbons (Fsp3) is 0.0870. The Morgan fingerprint density at radius 1 is 1.00 bits per heavy atom. The molecule has 0 spiro atoms. The number of hydrazone groups is 1. The van der Waals surface area contributed by atoms with Crippen LogP contribution in [-0.4, -0.2) is 25.1 Å². The van der Waals surface area contributed by atoms with Crippen LogP contribution in [0.5, 0.6) is 11.5 Å². The molecule has 34 heavy (non-hydrogen) atoms. The second-order valence-corrected chi connectivity index (χ2v) is 7.99. The van der Waals surface area contributed by atoms with Crippen molar-refractivity contribution in [3.8, 4) is 11.5 Å². The molecule has 0 aromatic heterocycles. The van der Waals surface area contributed by atoms with Crippen molar-refractivity contribution in [2.24, 2.45) is 5.10 Å². The van der Waals surface area contributed by atoms with Crippen LogP contribution in [0.25, 0.3) is 0 Å². The zero-order valence-corrected chi connectivity index (χ0v) is 19.8. The molecule has 3 aromatic rings. The van der Waals surface area contributed by atoms with E-state index in [1.54, 1.807) is 24.3 Å². The molecule has 11 heteroatoms. The number of nitrogens with one attached hydrogen (secondary N) is 2. The summed E-state index contributed by atoms with van der Waals surface area (Å²) in [6.45, 7) is -0.0989. The van der Waals surface area contributed by atoms with Crippen LogP contribution in [0.2, 0.25) is 15.1 Å². The maximum absolute atomic E-state index is 13.9. The monoisotopic (exact) mass is 523 g/mol. The number of anilines is 1. The highest BCUT2D eigenvalue weighted by molar-refractivity contribution is 6.40. The number of methoxy groups -OCH3 is 1. The summed E-state index contributed by atoms with van der Waals surface area (Å²) < 4.78 is 24.9. The van der Waals surface area contributed by atoms with Gasteiger partial charge in [0.2, 0.25) is 0 Å². The second-order valence-electron chi connectivity index (χ2n) is 6.71. The lowest BCUT2D eigenvalue weighted by Gasteiger charge is -2.12. The van der Waals surface area contributed by atoms with E-state index in [2.05, 4.69) is 15.8 Å². The van der Waals surface area contributed by atoms with Gasteiger partial charge in [0.1, 0.15) is 12.4 Å². The molecule has 0 saturated carbocycles. The molecule has 0 aliphatic carbocycles. The second kappa shape index (κ2) is 11.7. The summed E-state index contributed by atoms with van der Waals surface area (Å²) in [5.74, 6) is -1.74. The Kier molecular flexibility index (Phi) is 8.70. The Hall–Kier alpha value is -3.33. The average Bonchev–Trinajstić information content (AvgIpc) is 2.78. The van der Waals surface area contributed by atoms with Gasteiger partial charge in [-0.05, 0) is 54.1 Å². The molecule has 0 saturated heterocycles. The zero-order chi connectivity index (χ0) is 24.7. The van der Waals surface area contributed by atoms with Crippen molar-refractivity contribution in [2.75, 3.05) is 12.4 Å². The van der Waals surface area contributed by atoms with E-state index < -0.39 is 17.6 Å². The van der Waals surface area contributed by atoms with Crippen molar-refractivity contribution in [1.29, 1.82) is 0 Å². The summed E-state index contributed by atoms with van der Waals surface area (Å²) in [6.07, 6.45) is 1.31. The van der Waals surface area contributed by atoms with Crippen LogP contribution >= 0.6 is 34.8 Å². The van der Waals surface area contributed by atoms with E-state index in [0.29, 0.717) is 27.1 Å². The van der Waals surface area contributed by atoms with Gasteiger partial charge in [-0.2, -0.15) is 5.10 Å². The number of benzene rings is 3. The molecule has 0 heterocycles. The minimum absolute atomic E-state index is 0.0989. The third kappa shape index (κ3) is 6.84. The van der Waals surface area contributed by atoms with Gasteiger partial charge in [-0.1, -0.05) is 40.9 Å². The van der Waals surface area contributed by atoms with Crippen LogP contribution < -0.4 is 20.2 Å². The van der Waals surface area contributed by atoms with Crippen molar-refractivity contribution in [3.63, 3.8) is 0 Å². The van der Waals surface area contributed by atoms with Gasteiger partial charge in [-0.15, -0.1) is 0 Å². The van der Waals surface area contributed by atoms with Crippen LogP contribution in [-0.2, 0) is 16.2 Å². The van der Waals surface area contributed by atoms with Gasteiger partial charge in [-0.25, -0.2) is 9.82 Å². The lowest BCUT2D eigenvalue weighted by atomic mass is 10.2. The number of carbonyl (C=O) groups is 2. The van der Waals surface area contributed by atoms with Gasteiger partial charge >= 0.3 is 11.8 Å². The molecule has 0 aliphatic rings. The van der Waals surface area contributed by atoms with Crippen molar-refractivity contribution in [1.82, 2.24) is 5.43 Å². The highest BCUT2D eigenvalue weighted by Gasteiger charge is 2.14. The SMILES string of the molecule is COc1cc(/C=N/NC(=O)C(=O)Nc2cc(Cl)cc(Cl)c2)ccc1OCc1c(F)cccc1Cl. The Balaban J connectivity index is 1.60. The highest BCUT2D eigenvalue weighted by atomic mass is 35.5. The van der Waals surface area contributed by atoms with Gasteiger partial charge in [0.15, 0.2) is 11.5 Å². The zero-order valence-electron chi connectivity index (χ0n) is 17.6. The lowest BCUT2D eigenvalue weighted by Crippen LogP contribution is -2.32. The van der Waals surface area contributed by atoms with Gasteiger partial charge in [0.05, 0.1) is 18.3 Å². The third-order valence-electron chi connectivity index (χ3n) is 4.33. The largest absolute Gasteiger partial charge is 0.493 e. The minimum atomic E-state index is -0.999. The fourth-order valence-electron chi connectivity index (χ4n) is 2.73. The molecule has 2 amide bonds. The summed E-state index contributed by atoms with van der Waals surface area (Å²) in [6, 6.07) is 13.5. The van der Waals surface area contributed by atoms with Crippen LogP contribution in [0, 0.1) is 5.82 Å². The summed E-state index contributed by atoms with van der Waals surface area (Å²) in [7, 11) is 1.44. The maximum atomic E-state index is 13.9. The Bertz CT molecular complexity index is 1210. The van der Waals surface area contributed by atoms with Crippen molar-refractivity contribution in [2.45, 2.75) is 6.61 Å². The standard InChI is InChI=1S/C23H17Cl3FN3O4/c1-33-21-7-13(5-6-20(21)34-12-17-18(26)3-2-4-19(17)27)11-28-30-23(32)22(31)29-16-9-14(24)8-15(25)10-16/h2-11H,12H2,1H3,(H,29,31)(H,30,32)/b28-11+. The number of rotatable bonds is 7. The predicted octanol–water partition coefficient (Wildman–Crippen LogP) is 5.46. The molecule has 0 bridgehead atoms. The van der Waals surface area contributed by atoms with Crippen LogP contribution in [0.1, 0.15) is 11.1 Å². The number of hydrogen-bond donors (Lipinski definition) is 2. The van der Waals surface area contributed by atoms with Gasteiger partial charge in [0, 0.05) is 21.3 Å². The molecule has 0 aliphatic heterocycles. The van der Waals surface area contributed by atoms with E-state index in [-0.39, 0.29) is 22.9 Å². The molecular formula is C23H17Cl3FN3O4. The van der Waals surface area contributed by atoms with E-state index in [1.807, 2.05) is 0 Å². The summed E-state index contributed by atoms with van der Waals surface area (Å²) in [5.41, 5.74) is 3.14. The first-order valence-corrected chi connectivity index (χ1v) is 10.7. The summed E-state index contributed by atoms with van der Waals surface area (Å²) >= 11 is 17.7. The third-order valence-corrected chi connectivity index (χ3v) is 5.12. The van der Waals surface area contributed by atoms with Gasteiger partial charge < -0.3 is 14.8 Å². The Morgan fingerprint density at radius 3 is 2.41 bits per heavy atom. The maximum Gasteiger partial charge on any atom is 0.329 e. The van der Waals surface area contributed by atoms with Crippen molar-refractivity contribution < 1.29 is 23.5 Å². The van der Waals surface area contributed by atoms with Gasteiger partial charge in [-0.3, -0.25) is 9.59 Å². The minimum Gasteiger partial charge on any atom is -0.493 e. The van der Waals surface area contributed by atoms with Crippen LogP contribution in [0.4, 0.5) is 10.1 Å². The molecule has 0 unspecified atom stereocenters. The lowest BCUT2D eigenvalue weighted by molar-refractivity contribution is -0.136. The average molecular weight is 525 g/mol. The summed E-state index contributed by atoms with van der Waals surface area (Å²) in [5, 5.41) is 6.99. The molecule has 0 radical (unpaired) electrons. The molecule has 2 N–H and O–H groups in total. The van der Waals surface area contributed by atoms with E-state index >= 15 is 0 Å². The van der Waals surface area contributed by atoms with E-state index in [4.69, 9.17) is 44.3 Å². The number of halogens is 4. The predicted molar refractivity (Wildman–Crippen MR) is 130 cm³/mol. The first kappa shape index (κ1) is 25.3. The first-order valence-electron chi connectivity index (χ1n) is 9.61. The van der Waals surface area contributed by atoms with E-state index in [1.165, 1.54) is 43.7 Å². The van der Waals surface area contributed by atoms with Crippen molar-refractivity contribution in [3.05, 3.63) is 86.6 Å². The fourth-order valence-corrected chi connectivity index (χ4v) is 3.48. The Morgan fingerprint density at radius 2 is 1.74 bits per heavy atom. The van der Waals surface area contributed by atoms with Crippen LogP contribution in [0.15, 0.2) is 59.7 Å². The Labute approximate surface area is 209 Å². The first-order chi connectivity index (χ1) is 16.3. The molecular weight excluding hydrogens is 508 g/mol. The number of carbonyl (C=O) groups excluding carboxylic acids is 2.